The third-order valence-electron chi connectivity index (χ3n) is 3.40. The normalized spacial score (nSPS) is 11.6. The van der Waals surface area contributed by atoms with Crippen molar-refractivity contribution in [2.45, 2.75) is 19.0 Å². The summed E-state index contributed by atoms with van der Waals surface area (Å²) in [5.41, 5.74) is -0.518. The van der Waals surface area contributed by atoms with E-state index in [0.29, 0.717) is 5.56 Å². The van der Waals surface area contributed by atoms with Gasteiger partial charge in [0.2, 0.25) is 5.91 Å². The number of halogens is 1. The van der Waals surface area contributed by atoms with Crippen LogP contribution in [0, 0.1) is 0 Å². The number of hydrogen-bond donors (Lipinski definition) is 2. The quantitative estimate of drug-likeness (QED) is 0.682. The van der Waals surface area contributed by atoms with E-state index < -0.39 is 29.2 Å². The molecule has 8 nitrogen and oxygen atoms in total. The predicted octanol–water partition coefficient (Wildman–Crippen LogP) is 0.720. The molecule has 0 saturated carbocycles. The Morgan fingerprint density at radius 1 is 1.32 bits per heavy atom. The summed E-state index contributed by atoms with van der Waals surface area (Å²) in [6, 6.07) is 7.68. The SMILES string of the molecule is COC(=O)CC(NC(=O)Cn1ccc(=O)[nH]c1=O)c1cccc(Br)c1. The van der Waals surface area contributed by atoms with Crippen LogP contribution < -0.4 is 16.6 Å². The number of ether oxygens (including phenoxy) is 1. The summed E-state index contributed by atoms with van der Waals surface area (Å²) in [5, 5.41) is 2.70. The molecule has 1 heterocycles. The van der Waals surface area contributed by atoms with Crippen molar-refractivity contribution in [3.8, 4) is 0 Å². The minimum absolute atomic E-state index is 0.0563. The molecule has 1 amide bonds. The van der Waals surface area contributed by atoms with Crippen LogP contribution in [0.1, 0.15) is 18.0 Å². The number of methoxy groups -OCH3 is 1. The lowest BCUT2D eigenvalue weighted by Crippen LogP contribution is -2.37. The summed E-state index contributed by atoms with van der Waals surface area (Å²) < 4.78 is 6.53. The van der Waals surface area contributed by atoms with E-state index in [1.165, 1.54) is 13.3 Å². The first kappa shape index (κ1) is 18.7. The second kappa shape index (κ2) is 8.43. The second-order valence-electron chi connectivity index (χ2n) is 5.19. The molecule has 132 valence electrons. The Kier molecular flexibility index (Phi) is 6.29. The number of aromatic amines is 1. The van der Waals surface area contributed by atoms with Gasteiger partial charge in [-0.15, -0.1) is 0 Å². The summed E-state index contributed by atoms with van der Waals surface area (Å²) in [7, 11) is 1.27. The Labute approximate surface area is 151 Å². The van der Waals surface area contributed by atoms with Gasteiger partial charge in [0.15, 0.2) is 0 Å². The number of nitrogens with zero attached hydrogens (tertiary/aromatic N) is 1. The molecule has 2 aromatic rings. The van der Waals surface area contributed by atoms with E-state index in [0.717, 1.165) is 15.1 Å². The van der Waals surface area contributed by atoms with E-state index in [1.54, 1.807) is 18.2 Å². The number of rotatable bonds is 6. The zero-order valence-electron chi connectivity index (χ0n) is 13.3. The van der Waals surface area contributed by atoms with Gasteiger partial charge in [-0.3, -0.25) is 23.9 Å². The Morgan fingerprint density at radius 2 is 2.08 bits per heavy atom. The summed E-state index contributed by atoms with van der Waals surface area (Å²) >= 11 is 3.34. The highest BCUT2D eigenvalue weighted by Crippen LogP contribution is 2.21. The molecular formula is C16H16BrN3O5. The maximum Gasteiger partial charge on any atom is 0.328 e. The van der Waals surface area contributed by atoms with E-state index in [1.807, 2.05) is 6.07 Å². The summed E-state index contributed by atoms with van der Waals surface area (Å²) in [4.78, 5) is 48.7. The number of amides is 1. The maximum atomic E-state index is 12.3. The molecule has 1 unspecified atom stereocenters. The van der Waals surface area contributed by atoms with Crippen LogP contribution in [0.2, 0.25) is 0 Å². The number of esters is 1. The summed E-state index contributed by atoms with van der Waals surface area (Å²) in [5.74, 6) is -0.963. The van der Waals surface area contributed by atoms with Gasteiger partial charge in [-0.05, 0) is 17.7 Å². The van der Waals surface area contributed by atoms with Crippen LogP contribution in [-0.4, -0.2) is 28.5 Å². The zero-order valence-corrected chi connectivity index (χ0v) is 14.9. The van der Waals surface area contributed by atoms with Crippen molar-refractivity contribution in [3.05, 3.63) is 67.4 Å². The monoisotopic (exact) mass is 409 g/mol. The maximum absolute atomic E-state index is 12.3. The van der Waals surface area contributed by atoms with Crippen molar-refractivity contribution < 1.29 is 14.3 Å². The van der Waals surface area contributed by atoms with Crippen molar-refractivity contribution >= 4 is 27.8 Å². The number of hydrogen-bond acceptors (Lipinski definition) is 5. The number of aromatic nitrogens is 2. The molecule has 1 aromatic heterocycles. The molecule has 2 N–H and O–H groups in total. The average Bonchev–Trinajstić information content (AvgIpc) is 2.56. The molecule has 25 heavy (non-hydrogen) atoms. The van der Waals surface area contributed by atoms with Gasteiger partial charge >= 0.3 is 11.7 Å². The van der Waals surface area contributed by atoms with Gasteiger partial charge in [0.25, 0.3) is 5.56 Å². The molecule has 0 aliphatic heterocycles. The van der Waals surface area contributed by atoms with E-state index in [-0.39, 0.29) is 13.0 Å². The number of nitrogens with one attached hydrogen (secondary N) is 2. The fourth-order valence-corrected chi connectivity index (χ4v) is 2.61. The third-order valence-corrected chi connectivity index (χ3v) is 3.89. The van der Waals surface area contributed by atoms with Crippen molar-refractivity contribution in [2.75, 3.05) is 7.11 Å². The Bertz CT molecular complexity index is 890. The lowest BCUT2D eigenvalue weighted by atomic mass is 10.0. The molecule has 0 fully saturated rings. The topological polar surface area (TPSA) is 110 Å². The zero-order chi connectivity index (χ0) is 18.4. The van der Waals surface area contributed by atoms with E-state index >= 15 is 0 Å². The predicted molar refractivity (Wildman–Crippen MR) is 93.0 cm³/mol. The Morgan fingerprint density at radius 3 is 2.72 bits per heavy atom. The fraction of sp³-hybridized carbons (Fsp3) is 0.250. The number of H-pyrrole nitrogens is 1. The first-order valence-corrected chi connectivity index (χ1v) is 8.09. The van der Waals surface area contributed by atoms with Crippen molar-refractivity contribution in [3.63, 3.8) is 0 Å². The van der Waals surface area contributed by atoms with E-state index in [2.05, 4.69) is 31.0 Å². The van der Waals surface area contributed by atoms with Crippen molar-refractivity contribution in [1.82, 2.24) is 14.9 Å². The first-order valence-electron chi connectivity index (χ1n) is 7.30. The first-order chi connectivity index (χ1) is 11.9. The van der Waals surface area contributed by atoms with E-state index in [9.17, 15) is 19.2 Å². The van der Waals surface area contributed by atoms with Crippen LogP contribution in [0.3, 0.4) is 0 Å². The molecule has 9 heteroatoms. The van der Waals surface area contributed by atoms with Crippen LogP contribution >= 0.6 is 15.9 Å². The van der Waals surface area contributed by atoms with Gasteiger partial charge in [-0.2, -0.15) is 0 Å². The van der Waals surface area contributed by atoms with Crippen LogP contribution in [0.15, 0.2) is 50.6 Å². The van der Waals surface area contributed by atoms with Gasteiger partial charge in [0, 0.05) is 16.7 Å². The molecule has 0 bridgehead atoms. The van der Waals surface area contributed by atoms with Gasteiger partial charge in [-0.1, -0.05) is 28.1 Å². The third kappa shape index (κ3) is 5.42. The molecule has 0 aliphatic carbocycles. The van der Waals surface area contributed by atoms with Crippen LogP contribution in [-0.2, 0) is 20.9 Å². The smallest absolute Gasteiger partial charge is 0.328 e. The summed E-state index contributed by atoms with van der Waals surface area (Å²) in [6.07, 6.45) is 1.17. The molecule has 2 rings (SSSR count). The van der Waals surface area contributed by atoms with E-state index in [4.69, 9.17) is 0 Å². The molecule has 1 aromatic carbocycles. The molecule has 0 saturated heterocycles. The molecule has 0 spiro atoms. The lowest BCUT2D eigenvalue weighted by Gasteiger charge is -2.19. The van der Waals surface area contributed by atoms with Crippen molar-refractivity contribution in [1.29, 1.82) is 0 Å². The van der Waals surface area contributed by atoms with Gasteiger partial charge in [-0.25, -0.2) is 4.79 Å². The van der Waals surface area contributed by atoms with Crippen molar-refractivity contribution in [2.24, 2.45) is 0 Å². The fourth-order valence-electron chi connectivity index (χ4n) is 2.19. The number of carbonyl (C=O) groups excluding carboxylic acids is 2. The number of carbonyl (C=O) groups is 2. The lowest BCUT2D eigenvalue weighted by molar-refractivity contribution is -0.141. The Balaban J connectivity index is 2.17. The van der Waals surface area contributed by atoms with Crippen LogP contribution in [0.5, 0.6) is 0 Å². The summed E-state index contributed by atoms with van der Waals surface area (Å²) in [6.45, 7) is -0.290. The van der Waals surface area contributed by atoms with Gasteiger partial charge < -0.3 is 10.1 Å². The minimum Gasteiger partial charge on any atom is -0.469 e. The molecule has 0 radical (unpaired) electrons. The minimum atomic E-state index is -0.686. The Hall–Kier alpha value is -2.68. The standard InChI is InChI=1S/C16H16BrN3O5/c1-25-15(23)8-12(10-3-2-4-11(17)7-10)18-14(22)9-20-6-5-13(21)19-16(20)24/h2-7,12H,8-9H2,1H3,(H,18,22)(H,19,21,24). The molecule has 0 aliphatic rings. The highest BCUT2D eigenvalue weighted by atomic mass is 79.9. The van der Waals surface area contributed by atoms with Crippen LogP contribution in [0.4, 0.5) is 0 Å². The van der Waals surface area contributed by atoms with Crippen LogP contribution in [0.25, 0.3) is 0 Å². The average molecular weight is 410 g/mol. The molecular weight excluding hydrogens is 394 g/mol. The largest absolute Gasteiger partial charge is 0.469 e. The highest BCUT2D eigenvalue weighted by molar-refractivity contribution is 9.10. The highest BCUT2D eigenvalue weighted by Gasteiger charge is 2.19. The number of benzene rings is 1. The van der Waals surface area contributed by atoms with Gasteiger partial charge in [0.05, 0.1) is 19.6 Å². The second-order valence-corrected chi connectivity index (χ2v) is 6.11. The molecule has 1 atom stereocenters. The van der Waals surface area contributed by atoms with Gasteiger partial charge in [0.1, 0.15) is 6.54 Å².